The summed E-state index contributed by atoms with van der Waals surface area (Å²) in [4.78, 5) is 65.7. The highest BCUT2D eigenvalue weighted by Gasteiger charge is 2.49. The number of nitrogens with two attached hydrogens (primary N) is 1. The average molecular weight is 547 g/mol. The molecule has 1 aliphatic rings. The lowest BCUT2D eigenvalue weighted by atomic mass is 9.93. The van der Waals surface area contributed by atoms with Gasteiger partial charge in [-0.3, -0.25) is 19.2 Å². The summed E-state index contributed by atoms with van der Waals surface area (Å²) in [6, 6.07) is 2.82. The molecule has 0 saturated heterocycles. The van der Waals surface area contributed by atoms with Gasteiger partial charge < -0.3 is 30.7 Å². The number of nitrogens with one attached hydrogen (secondary N) is 2. The van der Waals surface area contributed by atoms with E-state index >= 15 is 0 Å². The van der Waals surface area contributed by atoms with E-state index in [2.05, 4.69) is 10.6 Å². The van der Waals surface area contributed by atoms with Crippen molar-refractivity contribution in [1.82, 2.24) is 15.5 Å². The second-order valence-electron chi connectivity index (χ2n) is 10.9. The molecule has 0 heterocycles. The molecule has 0 aromatic heterocycles. The standard InChI is InChI=1S/C28H42N4O7/c1-8-38-22(34)12-13-30-25(35)24(23-16(2)10-9-11-17(23)3)32(20-14-18(20)4)26(36)19(15-21(29)33)31-27(37)39-28(5,6)7/h9-11,18-20,24H,8,12-15H2,1-7H3,(H2,29,33)(H,30,35)(H,31,37). The first-order chi connectivity index (χ1) is 18.2. The highest BCUT2D eigenvalue weighted by Crippen LogP contribution is 2.42. The number of hydrogen-bond donors (Lipinski definition) is 3. The van der Waals surface area contributed by atoms with Crippen LogP contribution in [0.4, 0.5) is 4.79 Å². The average Bonchev–Trinajstić information content (AvgIpc) is 3.51. The molecule has 0 radical (unpaired) electrons. The summed E-state index contributed by atoms with van der Waals surface area (Å²) in [6.45, 7) is 12.6. The minimum absolute atomic E-state index is 0.0161. The van der Waals surface area contributed by atoms with Crippen molar-refractivity contribution in [3.63, 3.8) is 0 Å². The molecule has 4 atom stereocenters. The van der Waals surface area contributed by atoms with Crippen molar-refractivity contribution in [1.29, 1.82) is 0 Å². The van der Waals surface area contributed by atoms with Crippen LogP contribution in [-0.2, 0) is 28.7 Å². The Balaban J connectivity index is 2.50. The van der Waals surface area contributed by atoms with Crippen LogP contribution in [0.2, 0.25) is 0 Å². The largest absolute Gasteiger partial charge is 0.466 e. The molecule has 0 aliphatic heterocycles. The Morgan fingerprint density at radius 1 is 1.13 bits per heavy atom. The van der Waals surface area contributed by atoms with Crippen molar-refractivity contribution >= 4 is 29.8 Å². The third kappa shape index (κ3) is 9.26. The van der Waals surface area contributed by atoms with E-state index in [9.17, 15) is 24.0 Å². The van der Waals surface area contributed by atoms with Gasteiger partial charge in [0.15, 0.2) is 0 Å². The van der Waals surface area contributed by atoms with Crippen LogP contribution in [-0.4, -0.2) is 65.5 Å². The number of esters is 1. The summed E-state index contributed by atoms with van der Waals surface area (Å²) in [5, 5.41) is 5.26. The van der Waals surface area contributed by atoms with E-state index in [0.717, 1.165) is 11.1 Å². The van der Waals surface area contributed by atoms with Crippen LogP contribution in [0, 0.1) is 19.8 Å². The molecule has 11 heteroatoms. The van der Waals surface area contributed by atoms with Gasteiger partial charge in [-0.1, -0.05) is 25.1 Å². The molecule has 4 unspecified atom stereocenters. The fourth-order valence-corrected chi connectivity index (χ4v) is 4.48. The van der Waals surface area contributed by atoms with Crippen LogP contribution in [0.25, 0.3) is 0 Å². The SMILES string of the molecule is CCOC(=O)CCNC(=O)C(c1c(C)cccc1C)N(C(=O)C(CC(N)=O)NC(=O)OC(C)(C)C)C1CC1C. The lowest BCUT2D eigenvalue weighted by molar-refractivity contribution is -0.145. The first-order valence-electron chi connectivity index (χ1n) is 13.3. The second kappa shape index (κ2) is 13.4. The third-order valence-corrected chi connectivity index (χ3v) is 6.35. The van der Waals surface area contributed by atoms with E-state index in [4.69, 9.17) is 15.2 Å². The van der Waals surface area contributed by atoms with E-state index in [0.29, 0.717) is 12.0 Å². The van der Waals surface area contributed by atoms with Gasteiger partial charge in [0.05, 0.1) is 19.4 Å². The fourth-order valence-electron chi connectivity index (χ4n) is 4.48. The van der Waals surface area contributed by atoms with Gasteiger partial charge in [-0.25, -0.2) is 4.79 Å². The maximum absolute atomic E-state index is 14.1. The van der Waals surface area contributed by atoms with Crippen LogP contribution in [0.1, 0.15) is 76.6 Å². The molecule has 4 amide bonds. The predicted octanol–water partition coefficient (Wildman–Crippen LogP) is 2.42. The molecular formula is C28H42N4O7. The van der Waals surface area contributed by atoms with Crippen molar-refractivity contribution in [2.75, 3.05) is 13.2 Å². The molecule has 1 aliphatic carbocycles. The molecule has 0 bridgehead atoms. The summed E-state index contributed by atoms with van der Waals surface area (Å²) in [6.07, 6.45) is -0.746. The van der Waals surface area contributed by atoms with Crippen molar-refractivity contribution in [2.45, 2.75) is 91.5 Å². The quantitative estimate of drug-likeness (QED) is 0.340. The number of nitrogens with zero attached hydrogens (tertiary/aromatic N) is 1. The van der Waals surface area contributed by atoms with Crippen LogP contribution in [0.3, 0.4) is 0 Å². The van der Waals surface area contributed by atoms with Crippen molar-refractivity contribution in [2.24, 2.45) is 11.7 Å². The topological polar surface area (TPSA) is 157 Å². The molecule has 11 nitrogen and oxygen atoms in total. The molecule has 4 N–H and O–H groups in total. The number of carbonyl (C=O) groups is 5. The molecule has 216 valence electrons. The molecule has 0 spiro atoms. The van der Waals surface area contributed by atoms with Crippen molar-refractivity contribution < 1.29 is 33.4 Å². The lowest BCUT2D eigenvalue weighted by Crippen LogP contribution is -2.55. The number of rotatable bonds is 12. The number of amides is 4. The molecular weight excluding hydrogens is 504 g/mol. The smallest absolute Gasteiger partial charge is 0.408 e. The number of ether oxygens (including phenoxy) is 2. The Morgan fingerprint density at radius 3 is 2.21 bits per heavy atom. The van der Waals surface area contributed by atoms with Gasteiger partial charge in [-0.2, -0.15) is 0 Å². The van der Waals surface area contributed by atoms with Gasteiger partial charge in [-0.15, -0.1) is 0 Å². The van der Waals surface area contributed by atoms with E-state index in [1.54, 1.807) is 27.7 Å². The zero-order valence-corrected chi connectivity index (χ0v) is 24.0. The Kier molecular flexibility index (Phi) is 10.9. The van der Waals surface area contributed by atoms with E-state index in [1.165, 1.54) is 4.90 Å². The van der Waals surface area contributed by atoms with Gasteiger partial charge in [0.1, 0.15) is 17.7 Å². The molecule has 1 fully saturated rings. The summed E-state index contributed by atoms with van der Waals surface area (Å²) >= 11 is 0. The van der Waals surface area contributed by atoms with Gasteiger partial charge in [0, 0.05) is 12.6 Å². The monoisotopic (exact) mass is 546 g/mol. The normalized spacial score (nSPS) is 17.8. The number of carbonyl (C=O) groups excluding carboxylic acids is 5. The van der Waals surface area contributed by atoms with Gasteiger partial charge >= 0.3 is 12.1 Å². The van der Waals surface area contributed by atoms with Crippen LogP contribution in [0.5, 0.6) is 0 Å². The van der Waals surface area contributed by atoms with Crippen molar-refractivity contribution in [3.05, 3.63) is 34.9 Å². The molecule has 1 aromatic carbocycles. The number of alkyl carbamates (subject to hydrolysis) is 1. The predicted molar refractivity (Wildman–Crippen MR) is 144 cm³/mol. The zero-order chi connectivity index (χ0) is 29.5. The van der Waals surface area contributed by atoms with Gasteiger partial charge in [-0.05, 0) is 70.6 Å². The zero-order valence-electron chi connectivity index (χ0n) is 24.0. The Labute approximate surface area is 230 Å². The van der Waals surface area contributed by atoms with E-state index in [-0.39, 0.29) is 31.5 Å². The Bertz CT molecular complexity index is 1060. The van der Waals surface area contributed by atoms with Crippen LogP contribution >= 0.6 is 0 Å². The fraction of sp³-hybridized carbons (Fsp3) is 0.607. The van der Waals surface area contributed by atoms with E-state index < -0.39 is 53.9 Å². The van der Waals surface area contributed by atoms with E-state index in [1.807, 2.05) is 39.0 Å². The number of benzene rings is 1. The lowest BCUT2D eigenvalue weighted by Gasteiger charge is -2.36. The maximum Gasteiger partial charge on any atom is 0.408 e. The number of aryl methyl sites for hydroxylation is 2. The minimum atomic E-state index is -1.34. The molecule has 39 heavy (non-hydrogen) atoms. The molecule has 1 saturated carbocycles. The van der Waals surface area contributed by atoms with Crippen LogP contribution in [0.15, 0.2) is 18.2 Å². The first-order valence-corrected chi connectivity index (χ1v) is 13.3. The number of hydrogen-bond acceptors (Lipinski definition) is 7. The second-order valence-corrected chi connectivity index (χ2v) is 10.9. The highest BCUT2D eigenvalue weighted by molar-refractivity contribution is 5.95. The Hall–Kier alpha value is -3.63. The van der Waals surface area contributed by atoms with Gasteiger partial charge in [0.25, 0.3) is 0 Å². The summed E-state index contributed by atoms with van der Waals surface area (Å²) in [5.74, 6) is -2.27. The molecule has 1 aromatic rings. The summed E-state index contributed by atoms with van der Waals surface area (Å²) in [5.41, 5.74) is 6.82. The summed E-state index contributed by atoms with van der Waals surface area (Å²) in [7, 11) is 0. The van der Waals surface area contributed by atoms with Gasteiger partial charge in [0.2, 0.25) is 17.7 Å². The van der Waals surface area contributed by atoms with Crippen LogP contribution < -0.4 is 16.4 Å². The maximum atomic E-state index is 14.1. The minimum Gasteiger partial charge on any atom is -0.466 e. The molecule has 2 rings (SSSR count). The van der Waals surface area contributed by atoms with Crippen molar-refractivity contribution in [3.8, 4) is 0 Å². The first kappa shape index (κ1) is 31.6. The third-order valence-electron chi connectivity index (χ3n) is 6.35. The highest BCUT2D eigenvalue weighted by atomic mass is 16.6. The Morgan fingerprint density at radius 2 is 1.72 bits per heavy atom. The number of primary amides is 1. The summed E-state index contributed by atoms with van der Waals surface area (Å²) < 4.78 is 10.3.